The van der Waals surface area contributed by atoms with Gasteiger partial charge in [-0.2, -0.15) is 0 Å². The number of hydrogen-bond donors (Lipinski definition) is 2. The fourth-order valence-electron chi connectivity index (χ4n) is 1.86. The third-order valence-corrected chi connectivity index (χ3v) is 2.72. The van der Waals surface area contributed by atoms with Gasteiger partial charge in [-0.1, -0.05) is 0 Å². The number of imidazole rings is 1. The van der Waals surface area contributed by atoms with Gasteiger partial charge in [-0.25, -0.2) is 4.79 Å². The Morgan fingerprint density at radius 3 is 2.94 bits per heavy atom. The van der Waals surface area contributed by atoms with Gasteiger partial charge in [-0.15, -0.1) is 0 Å². The average molecular weight is 214 g/mol. The summed E-state index contributed by atoms with van der Waals surface area (Å²) in [4.78, 5) is 21.4. The number of nitrogens with one attached hydrogen (secondary N) is 2. The van der Waals surface area contributed by atoms with Crippen LogP contribution < -0.4 is 5.69 Å². The van der Waals surface area contributed by atoms with Gasteiger partial charge in [0.15, 0.2) is 0 Å². The summed E-state index contributed by atoms with van der Waals surface area (Å²) >= 11 is 0. The number of nitrogens with zero attached hydrogens (tertiary/aromatic N) is 2. The van der Waals surface area contributed by atoms with E-state index in [9.17, 15) is 4.79 Å². The number of aromatic nitrogens is 4. The fraction of sp³-hybridized carbons (Fsp3) is 0.0909. The fourth-order valence-corrected chi connectivity index (χ4v) is 1.86. The first-order chi connectivity index (χ1) is 7.77. The lowest BCUT2D eigenvalue weighted by Crippen LogP contribution is -2.13. The zero-order valence-corrected chi connectivity index (χ0v) is 8.69. The molecule has 0 saturated heterocycles. The standard InChI is InChI=1S/C11H10N4O/c1-15-9(6-14-11(15)16)7-2-4-12-8-3-5-13-10(7)8/h2-6,13H,1H3,(H,14,16). The van der Waals surface area contributed by atoms with Crippen LogP contribution in [-0.4, -0.2) is 19.5 Å². The maximum absolute atomic E-state index is 11.4. The van der Waals surface area contributed by atoms with E-state index >= 15 is 0 Å². The normalized spacial score (nSPS) is 11.1. The molecule has 0 bridgehead atoms. The van der Waals surface area contributed by atoms with E-state index in [4.69, 9.17) is 0 Å². The van der Waals surface area contributed by atoms with Crippen molar-refractivity contribution in [3.63, 3.8) is 0 Å². The maximum Gasteiger partial charge on any atom is 0.325 e. The van der Waals surface area contributed by atoms with Crippen molar-refractivity contribution in [3.05, 3.63) is 41.2 Å². The molecule has 2 N–H and O–H groups in total. The van der Waals surface area contributed by atoms with Crippen molar-refractivity contribution >= 4 is 11.0 Å². The third kappa shape index (κ3) is 1.11. The largest absolute Gasteiger partial charge is 0.359 e. The van der Waals surface area contributed by atoms with Crippen molar-refractivity contribution in [1.29, 1.82) is 0 Å². The Hall–Kier alpha value is -2.30. The summed E-state index contributed by atoms with van der Waals surface area (Å²) < 4.78 is 1.58. The smallest absolute Gasteiger partial charge is 0.325 e. The van der Waals surface area contributed by atoms with Gasteiger partial charge in [0.25, 0.3) is 0 Å². The van der Waals surface area contributed by atoms with Crippen LogP contribution in [0.5, 0.6) is 0 Å². The molecule has 5 nitrogen and oxygen atoms in total. The third-order valence-electron chi connectivity index (χ3n) is 2.72. The van der Waals surface area contributed by atoms with Crippen LogP contribution in [0.25, 0.3) is 22.3 Å². The van der Waals surface area contributed by atoms with E-state index in [2.05, 4.69) is 15.0 Å². The highest BCUT2D eigenvalue weighted by Crippen LogP contribution is 2.24. The van der Waals surface area contributed by atoms with Crippen LogP contribution in [0.3, 0.4) is 0 Å². The second kappa shape index (κ2) is 3.10. The molecule has 0 aliphatic heterocycles. The molecule has 0 amide bonds. The minimum atomic E-state index is -0.119. The lowest BCUT2D eigenvalue weighted by molar-refractivity contribution is 0.870. The summed E-state index contributed by atoms with van der Waals surface area (Å²) in [5.41, 5.74) is 3.53. The number of rotatable bonds is 1. The zero-order chi connectivity index (χ0) is 11.1. The Kier molecular flexibility index (Phi) is 1.73. The first kappa shape index (κ1) is 8.96. The summed E-state index contributed by atoms with van der Waals surface area (Å²) in [5, 5.41) is 0. The second-order valence-electron chi connectivity index (χ2n) is 3.63. The topological polar surface area (TPSA) is 66.5 Å². The van der Waals surface area contributed by atoms with Crippen molar-refractivity contribution < 1.29 is 0 Å². The van der Waals surface area contributed by atoms with Crippen LogP contribution in [0.1, 0.15) is 0 Å². The van der Waals surface area contributed by atoms with Crippen LogP contribution >= 0.6 is 0 Å². The maximum atomic E-state index is 11.4. The van der Waals surface area contributed by atoms with Crippen molar-refractivity contribution in [2.75, 3.05) is 0 Å². The van der Waals surface area contributed by atoms with E-state index < -0.39 is 0 Å². The molecule has 3 aromatic heterocycles. The first-order valence-corrected chi connectivity index (χ1v) is 4.94. The van der Waals surface area contributed by atoms with E-state index in [1.807, 2.05) is 18.3 Å². The van der Waals surface area contributed by atoms with Gasteiger partial charge in [0, 0.05) is 31.2 Å². The molecule has 3 aromatic rings. The van der Waals surface area contributed by atoms with Crippen LogP contribution in [0.2, 0.25) is 0 Å². The Morgan fingerprint density at radius 1 is 1.31 bits per heavy atom. The van der Waals surface area contributed by atoms with Gasteiger partial charge < -0.3 is 9.97 Å². The highest BCUT2D eigenvalue weighted by Gasteiger charge is 2.09. The molecule has 0 aliphatic carbocycles. The molecule has 5 heteroatoms. The van der Waals surface area contributed by atoms with Crippen molar-refractivity contribution in [2.24, 2.45) is 7.05 Å². The van der Waals surface area contributed by atoms with Crippen LogP contribution in [-0.2, 0) is 7.05 Å². The van der Waals surface area contributed by atoms with E-state index in [0.29, 0.717) is 0 Å². The monoisotopic (exact) mass is 214 g/mol. The van der Waals surface area contributed by atoms with Gasteiger partial charge >= 0.3 is 5.69 Å². The molecule has 0 unspecified atom stereocenters. The van der Waals surface area contributed by atoms with Gasteiger partial charge in [-0.3, -0.25) is 9.55 Å². The molecule has 0 atom stereocenters. The number of aromatic amines is 2. The van der Waals surface area contributed by atoms with E-state index in [-0.39, 0.29) is 5.69 Å². The lowest BCUT2D eigenvalue weighted by atomic mass is 10.2. The van der Waals surface area contributed by atoms with Gasteiger partial charge in [0.05, 0.1) is 16.7 Å². The van der Waals surface area contributed by atoms with Crippen molar-refractivity contribution in [1.82, 2.24) is 19.5 Å². The summed E-state index contributed by atoms with van der Waals surface area (Å²) in [6, 6.07) is 3.80. The van der Waals surface area contributed by atoms with Crippen LogP contribution in [0.15, 0.2) is 35.5 Å². The predicted octanol–water partition coefficient (Wildman–Crippen LogP) is 1.26. The Bertz CT molecular complexity index is 704. The highest BCUT2D eigenvalue weighted by atomic mass is 16.1. The molecule has 80 valence electrons. The van der Waals surface area contributed by atoms with Gasteiger partial charge in [0.2, 0.25) is 0 Å². The number of fused-ring (bicyclic) bond motifs is 1. The number of H-pyrrole nitrogens is 2. The summed E-state index contributed by atoms with van der Waals surface area (Å²) in [6.07, 6.45) is 5.28. The molecule has 0 fully saturated rings. The number of pyridine rings is 1. The average Bonchev–Trinajstić information content (AvgIpc) is 2.87. The summed E-state index contributed by atoms with van der Waals surface area (Å²) in [7, 11) is 1.74. The van der Waals surface area contributed by atoms with E-state index in [1.54, 1.807) is 24.0 Å². The van der Waals surface area contributed by atoms with Crippen molar-refractivity contribution in [2.45, 2.75) is 0 Å². The molecule has 0 aliphatic rings. The molecule has 0 spiro atoms. The molecular weight excluding hydrogens is 204 g/mol. The van der Waals surface area contributed by atoms with Crippen LogP contribution in [0, 0.1) is 0 Å². The second-order valence-corrected chi connectivity index (χ2v) is 3.63. The number of hydrogen-bond acceptors (Lipinski definition) is 2. The Labute approximate surface area is 90.8 Å². The minimum absolute atomic E-state index is 0.119. The summed E-state index contributed by atoms with van der Waals surface area (Å²) in [6.45, 7) is 0. The molecular formula is C11H10N4O. The van der Waals surface area contributed by atoms with Crippen LogP contribution in [0.4, 0.5) is 0 Å². The molecule has 16 heavy (non-hydrogen) atoms. The SMILES string of the molecule is Cn1c(-c2ccnc3cc[nH]c23)c[nH]c1=O. The zero-order valence-electron chi connectivity index (χ0n) is 8.69. The van der Waals surface area contributed by atoms with Gasteiger partial charge in [-0.05, 0) is 12.1 Å². The lowest BCUT2D eigenvalue weighted by Gasteiger charge is -2.02. The molecule has 3 heterocycles. The van der Waals surface area contributed by atoms with E-state index in [0.717, 1.165) is 22.3 Å². The predicted molar refractivity (Wildman–Crippen MR) is 61.1 cm³/mol. The summed E-state index contributed by atoms with van der Waals surface area (Å²) in [5.74, 6) is 0. The first-order valence-electron chi connectivity index (χ1n) is 4.94. The molecule has 0 saturated carbocycles. The Balaban J connectivity index is 2.38. The Morgan fingerprint density at radius 2 is 2.19 bits per heavy atom. The minimum Gasteiger partial charge on any atom is -0.359 e. The molecule has 0 aromatic carbocycles. The van der Waals surface area contributed by atoms with Crippen molar-refractivity contribution in [3.8, 4) is 11.3 Å². The molecule has 3 rings (SSSR count). The highest BCUT2D eigenvalue weighted by molar-refractivity contribution is 5.90. The van der Waals surface area contributed by atoms with Gasteiger partial charge in [0.1, 0.15) is 0 Å². The van der Waals surface area contributed by atoms with E-state index in [1.165, 1.54) is 0 Å². The quantitative estimate of drug-likeness (QED) is 0.640. The molecule has 0 radical (unpaired) electrons.